The highest BCUT2D eigenvalue weighted by molar-refractivity contribution is 5.84. The standard InChI is InChI=1S/C14H20N2O4/c17-7-14(8-18,9-19)16-13(20)12-11-4-2-1-3-10(11)5-6-15-12/h1-4,12,15,17-19H,5-9H2,(H,16,20). The van der Waals surface area contributed by atoms with Gasteiger partial charge in [0.1, 0.15) is 11.6 Å². The van der Waals surface area contributed by atoms with Crippen molar-refractivity contribution >= 4 is 5.91 Å². The Morgan fingerprint density at radius 3 is 2.55 bits per heavy atom. The Kier molecular flexibility index (Phi) is 4.72. The van der Waals surface area contributed by atoms with Crippen molar-refractivity contribution in [2.24, 2.45) is 0 Å². The first-order valence-corrected chi connectivity index (χ1v) is 6.61. The molecular formula is C14H20N2O4. The van der Waals surface area contributed by atoms with Gasteiger partial charge < -0.3 is 26.0 Å². The normalized spacial score (nSPS) is 18.4. The Bertz CT molecular complexity index is 466. The summed E-state index contributed by atoms with van der Waals surface area (Å²) in [5, 5.41) is 33.4. The van der Waals surface area contributed by atoms with Gasteiger partial charge in [0.2, 0.25) is 5.91 Å². The van der Waals surface area contributed by atoms with E-state index in [2.05, 4.69) is 10.6 Å². The van der Waals surface area contributed by atoms with E-state index in [4.69, 9.17) is 0 Å². The Labute approximate surface area is 117 Å². The zero-order valence-corrected chi connectivity index (χ0v) is 11.2. The molecule has 6 nitrogen and oxygen atoms in total. The van der Waals surface area contributed by atoms with Crippen LogP contribution in [0.3, 0.4) is 0 Å². The Hall–Kier alpha value is -1.47. The lowest BCUT2D eigenvalue weighted by Crippen LogP contribution is -2.59. The number of rotatable bonds is 5. The number of nitrogens with one attached hydrogen (secondary N) is 2. The van der Waals surface area contributed by atoms with Crippen LogP contribution in [0.2, 0.25) is 0 Å². The number of fused-ring (bicyclic) bond motifs is 1. The molecule has 0 bridgehead atoms. The number of carbonyl (C=O) groups is 1. The highest BCUT2D eigenvalue weighted by Crippen LogP contribution is 2.23. The summed E-state index contributed by atoms with van der Waals surface area (Å²) < 4.78 is 0. The number of benzene rings is 1. The summed E-state index contributed by atoms with van der Waals surface area (Å²) >= 11 is 0. The van der Waals surface area contributed by atoms with E-state index in [0.717, 1.165) is 17.5 Å². The fraction of sp³-hybridized carbons (Fsp3) is 0.500. The zero-order valence-electron chi connectivity index (χ0n) is 11.2. The molecular weight excluding hydrogens is 260 g/mol. The van der Waals surface area contributed by atoms with Gasteiger partial charge >= 0.3 is 0 Å². The van der Waals surface area contributed by atoms with E-state index >= 15 is 0 Å². The quantitative estimate of drug-likeness (QED) is 0.462. The third-order valence-electron chi connectivity index (χ3n) is 3.67. The van der Waals surface area contributed by atoms with Crippen molar-refractivity contribution in [3.8, 4) is 0 Å². The molecule has 1 aromatic carbocycles. The van der Waals surface area contributed by atoms with Gasteiger partial charge in [-0.2, -0.15) is 0 Å². The van der Waals surface area contributed by atoms with Gasteiger partial charge in [-0.25, -0.2) is 0 Å². The molecule has 0 radical (unpaired) electrons. The summed E-state index contributed by atoms with van der Waals surface area (Å²) in [6.45, 7) is -0.903. The van der Waals surface area contributed by atoms with Crippen LogP contribution in [0.4, 0.5) is 0 Å². The number of aliphatic hydroxyl groups excluding tert-OH is 3. The summed E-state index contributed by atoms with van der Waals surface area (Å²) in [7, 11) is 0. The molecule has 0 aliphatic carbocycles. The zero-order chi connectivity index (χ0) is 14.6. The van der Waals surface area contributed by atoms with Gasteiger partial charge in [0.15, 0.2) is 0 Å². The van der Waals surface area contributed by atoms with Crippen LogP contribution in [0, 0.1) is 0 Å². The van der Waals surface area contributed by atoms with Crippen molar-refractivity contribution in [1.29, 1.82) is 0 Å². The molecule has 0 spiro atoms. The molecule has 0 saturated heterocycles. The Balaban J connectivity index is 2.19. The molecule has 0 aromatic heterocycles. The topological polar surface area (TPSA) is 102 Å². The number of hydrogen-bond acceptors (Lipinski definition) is 5. The molecule has 0 saturated carbocycles. The highest BCUT2D eigenvalue weighted by Gasteiger charge is 2.34. The first kappa shape index (κ1) is 14.9. The number of aliphatic hydroxyl groups is 3. The van der Waals surface area contributed by atoms with Crippen molar-refractivity contribution in [2.45, 2.75) is 18.0 Å². The fourth-order valence-corrected chi connectivity index (χ4v) is 2.34. The second-order valence-electron chi connectivity index (χ2n) is 5.08. The molecule has 0 fully saturated rings. The Morgan fingerprint density at radius 2 is 1.90 bits per heavy atom. The minimum absolute atomic E-state index is 0.366. The summed E-state index contributed by atoms with van der Waals surface area (Å²) in [6, 6.07) is 7.11. The van der Waals surface area contributed by atoms with Crippen LogP contribution >= 0.6 is 0 Å². The maximum absolute atomic E-state index is 12.3. The largest absolute Gasteiger partial charge is 0.394 e. The predicted molar refractivity (Wildman–Crippen MR) is 73.0 cm³/mol. The molecule has 20 heavy (non-hydrogen) atoms. The molecule has 1 heterocycles. The SMILES string of the molecule is O=C(NC(CO)(CO)CO)C1NCCc2ccccc21. The van der Waals surface area contributed by atoms with Gasteiger partial charge in [-0.1, -0.05) is 24.3 Å². The van der Waals surface area contributed by atoms with E-state index in [0.29, 0.717) is 6.54 Å². The monoisotopic (exact) mass is 280 g/mol. The van der Waals surface area contributed by atoms with Crippen LogP contribution < -0.4 is 10.6 Å². The molecule has 1 amide bonds. The lowest BCUT2D eigenvalue weighted by atomic mass is 9.93. The van der Waals surface area contributed by atoms with Gasteiger partial charge in [0.25, 0.3) is 0 Å². The van der Waals surface area contributed by atoms with Gasteiger partial charge in [-0.05, 0) is 17.5 Å². The smallest absolute Gasteiger partial charge is 0.242 e. The first-order chi connectivity index (χ1) is 9.65. The Morgan fingerprint density at radius 1 is 1.25 bits per heavy atom. The lowest BCUT2D eigenvalue weighted by Gasteiger charge is -2.33. The van der Waals surface area contributed by atoms with Crippen LogP contribution in [-0.4, -0.2) is 53.1 Å². The minimum Gasteiger partial charge on any atom is -0.394 e. The first-order valence-electron chi connectivity index (χ1n) is 6.61. The molecule has 1 aliphatic rings. The van der Waals surface area contributed by atoms with E-state index in [9.17, 15) is 20.1 Å². The van der Waals surface area contributed by atoms with Gasteiger partial charge in [0, 0.05) is 6.54 Å². The summed E-state index contributed by atoms with van der Waals surface area (Å²) in [5.74, 6) is -0.366. The van der Waals surface area contributed by atoms with E-state index < -0.39 is 31.4 Å². The van der Waals surface area contributed by atoms with Crippen LogP contribution in [0.1, 0.15) is 17.2 Å². The number of hydrogen-bond donors (Lipinski definition) is 5. The van der Waals surface area contributed by atoms with Crippen molar-refractivity contribution in [1.82, 2.24) is 10.6 Å². The van der Waals surface area contributed by atoms with E-state index in [1.807, 2.05) is 24.3 Å². The second-order valence-corrected chi connectivity index (χ2v) is 5.08. The summed E-state index contributed by atoms with van der Waals surface area (Å²) in [5.41, 5.74) is 0.596. The molecule has 1 aliphatic heterocycles. The van der Waals surface area contributed by atoms with E-state index in [-0.39, 0.29) is 5.91 Å². The molecule has 1 atom stereocenters. The third-order valence-corrected chi connectivity index (χ3v) is 3.67. The summed E-state index contributed by atoms with van der Waals surface area (Å²) in [6.07, 6.45) is 0.852. The average Bonchev–Trinajstić information content (AvgIpc) is 2.52. The molecule has 2 rings (SSSR count). The molecule has 1 aromatic rings. The number of carbonyl (C=O) groups excluding carboxylic acids is 1. The molecule has 110 valence electrons. The average molecular weight is 280 g/mol. The molecule has 6 heteroatoms. The van der Waals surface area contributed by atoms with Crippen molar-refractivity contribution < 1.29 is 20.1 Å². The molecule has 5 N–H and O–H groups in total. The lowest BCUT2D eigenvalue weighted by molar-refractivity contribution is -0.127. The second kappa shape index (κ2) is 6.32. The van der Waals surface area contributed by atoms with Gasteiger partial charge in [-0.15, -0.1) is 0 Å². The van der Waals surface area contributed by atoms with E-state index in [1.165, 1.54) is 0 Å². The van der Waals surface area contributed by atoms with Gasteiger partial charge in [-0.3, -0.25) is 4.79 Å². The van der Waals surface area contributed by atoms with Gasteiger partial charge in [0.05, 0.1) is 19.8 Å². The van der Waals surface area contributed by atoms with Crippen LogP contribution in [0.5, 0.6) is 0 Å². The van der Waals surface area contributed by atoms with Crippen molar-refractivity contribution in [2.75, 3.05) is 26.4 Å². The minimum atomic E-state index is -1.40. The van der Waals surface area contributed by atoms with Crippen molar-refractivity contribution in [3.63, 3.8) is 0 Å². The van der Waals surface area contributed by atoms with Crippen LogP contribution in [0.15, 0.2) is 24.3 Å². The maximum atomic E-state index is 12.3. The van der Waals surface area contributed by atoms with Crippen LogP contribution in [0.25, 0.3) is 0 Å². The highest BCUT2D eigenvalue weighted by atomic mass is 16.3. The number of amides is 1. The summed E-state index contributed by atoms with van der Waals surface area (Å²) in [4.78, 5) is 12.3. The fourth-order valence-electron chi connectivity index (χ4n) is 2.34. The molecule has 1 unspecified atom stereocenters. The van der Waals surface area contributed by atoms with E-state index in [1.54, 1.807) is 0 Å². The van der Waals surface area contributed by atoms with Crippen molar-refractivity contribution in [3.05, 3.63) is 35.4 Å². The van der Waals surface area contributed by atoms with Crippen LogP contribution in [-0.2, 0) is 11.2 Å². The third kappa shape index (κ3) is 2.83. The predicted octanol–water partition coefficient (Wildman–Crippen LogP) is -1.29. The maximum Gasteiger partial charge on any atom is 0.242 e.